The molecule has 0 bridgehead atoms. The van der Waals surface area contributed by atoms with Crippen molar-refractivity contribution in [3.05, 3.63) is 104 Å². The van der Waals surface area contributed by atoms with Gasteiger partial charge in [0.1, 0.15) is 5.65 Å². The van der Waals surface area contributed by atoms with E-state index in [9.17, 15) is 14.7 Å². The highest BCUT2D eigenvalue weighted by Crippen LogP contribution is 2.42. The number of hydrogen-bond donors (Lipinski definition) is 4. The van der Waals surface area contributed by atoms with Gasteiger partial charge in [-0.15, -0.1) is 0 Å². The molecule has 4 N–H and O–H groups in total. The van der Waals surface area contributed by atoms with Crippen molar-refractivity contribution in [2.75, 3.05) is 20.2 Å². The third-order valence-corrected chi connectivity index (χ3v) is 9.48. The first-order valence-corrected chi connectivity index (χ1v) is 16.9. The van der Waals surface area contributed by atoms with E-state index >= 15 is 0 Å². The summed E-state index contributed by atoms with van der Waals surface area (Å²) in [5.74, 6) is 0.583. The minimum Gasteiger partial charge on any atom is -0.481 e. The van der Waals surface area contributed by atoms with Crippen LogP contribution in [0.5, 0.6) is 5.88 Å². The molecule has 0 radical (unpaired) electrons. The van der Waals surface area contributed by atoms with Crippen LogP contribution in [0.1, 0.15) is 36.6 Å². The Labute approximate surface area is 294 Å². The molecular weight excluding hydrogens is 663 g/mol. The molecule has 0 saturated carbocycles. The number of aliphatic hydroxyl groups excluding tert-OH is 1. The molecule has 1 aliphatic rings. The van der Waals surface area contributed by atoms with Gasteiger partial charge in [-0.25, -0.2) is 9.97 Å². The van der Waals surface area contributed by atoms with Crippen molar-refractivity contribution in [1.29, 1.82) is 0 Å². The van der Waals surface area contributed by atoms with Crippen molar-refractivity contribution in [1.82, 2.24) is 30.3 Å². The Morgan fingerprint density at radius 3 is 2.39 bits per heavy atom. The largest absolute Gasteiger partial charge is 0.481 e. The van der Waals surface area contributed by atoms with E-state index in [0.717, 1.165) is 39.8 Å². The van der Waals surface area contributed by atoms with Crippen LogP contribution in [-0.2, 0) is 17.9 Å². The number of hydrogen-bond acceptors (Lipinski definition) is 8. The molecule has 1 amide bonds. The fourth-order valence-corrected chi connectivity index (χ4v) is 6.77. The van der Waals surface area contributed by atoms with Gasteiger partial charge in [-0.05, 0) is 44.0 Å². The molecule has 1 aliphatic heterocycles. The number of nitrogens with zero attached hydrogens (tertiary/aromatic N) is 3. The summed E-state index contributed by atoms with van der Waals surface area (Å²) in [5.41, 5.74) is 6.86. The molecule has 4 heterocycles. The average Bonchev–Trinajstić information content (AvgIpc) is 3.51. The molecule has 3 aromatic heterocycles. The first-order valence-electron chi connectivity index (χ1n) is 16.2. The Morgan fingerprint density at radius 2 is 1.69 bits per heavy atom. The summed E-state index contributed by atoms with van der Waals surface area (Å²) in [4.78, 5) is 34.3. The fourth-order valence-electron chi connectivity index (χ4n) is 6.11. The van der Waals surface area contributed by atoms with E-state index in [1.54, 1.807) is 20.2 Å². The Bertz CT molecular complexity index is 2080. The van der Waals surface area contributed by atoms with Crippen molar-refractivity contribution >= 4 is 34.8 Å². The van der Waals surface area contributed by atoms with Crippen molar-refractivity contribution in [3.8, 4) is 39.4 Å². The van der Waals surface area contributed by atoms with E-state index < -0.39 is 6.10 Å². The zero-order chi connectivity index (χ0) is 34.7. The molecule has 5 aromatic rings. The van der Waals surface area contributed by atoms with Gasteiger partial charge < -0.3 is 25.8 Å². The number of methoxy groups -OCH3 is 1. The molecule has 254 valence electrons. The van der Waals surface area contributed by atoms with E-state index in [2.05, 4.69) is 16.0 Å². The summed E-state index contributed by atoms with van der Waals surface area (Å²) >= 11 is 14.2. The van der Waals surface area contributed by atoms with Gasteiger partial charge in [0.05, 0.1) is 34.5 Å². The summed E-state index contributed by atoms with van der Waals surface area (Å²) in [6.45, 7) is 5.40. The van der Waals surface area contributed by atoms with Crippen molar-refractivity contribution < 1.29 is 14.6 Å². The number of aryl methyl sites for hydroxylation is 1. The normalized spacial score (nSPS) is 15.1. The summed E-state index contributed by atoms with van der Waals surface area (Å²) in [5, 5.41) is 20.0. The van der Waals surface area contributed by atoms with Gasteiger partial charge in [0.15, 0.2) is 0 Å². The van der Waals surface area contributed by atoms with Crippen LogP contribution in [0.2, 0.25) is 10.0 Å². The van der Waals surface area contributed by atoms with Crippen molar-refractivity contribution in [2.24, 2.45) is 0 Å². The number of fused-ring (bicyclic) bond motifs is 1. The van der Waals surface area contributed by atoms with Crippen LogP contribution < -0.4 is 26.2 Å². The van der Waals surface area contributed by atoms with Gasteiger partial charge in [0.25, 0.3) is 5.56 Å². The van der Waals surface area contributed by atoms with Crippen LogP contribution in [0.3, 0.4) is 0 Å². The lowest BCUT2D eigenvalue weighted by Gasteiger charge is -2.16. The van der Waals surface area contributed by atoms with Gasteiger partial charge in [-0.3, -0.25) is 14.0 Å². The monoisotopic (exact) mass is 700 g/mol. The molecule has 49 heavy (non-hydrogen) atoms. The lowest BCUT2D eigenvalue weighted by atomic mass is 9.97. The van der Waals surface area contributed by atoms with Gasteiger partial charge in [-0.2, -0.15) is 0 Å². The second kappa shape index (κ2) is 15.1. The zero-order valence-electron chi connectivity index (χ0n) is 27.5. The number of ether oxygens (including phenoxy) is 1. The minimum atomic E-state index is -0.517. The summed E-state index contributed by atoms with van der Waals surface area (Å²) in [6, 6.07) is 19.2. The number of rotatable bonds is 12. The maximum Gasteiger partial charge on any atom is 0.262 e. The number of aliphatic hydroxyl groups is 1. The topological polar surface area (TPSA) is 130 Å². The number of pyridine rings is 2. The minimum absolute atomic E-state index is 0.0926. The van der Waals surface area contributed by atoms with Crippen LogP contribution in [0.4, 0.5) is 0 Å². The van der Waals surface area contributed by atoms with E-state index in [-0.39, 0.29) is 17.5 Å². The predicted octanol–water partition coefficient (Wildman–Crippen LogP) is 5.55. The number of benzene rings is 2. The standard InChI is InChI=1S/C37H38Cl2N6O4/c1-21(46)17-40-20-30-22(2)42-32-16-23(14-15-45(32)37(30)48)26-6-4-7-27(34(26)38)28-8-5-9-29(35(28)39)31-12-10-24(36(44-31)49-3)18-41-19-25-11-13-33(47)43-25/h4-10,12,14-16,21,25,40-41,46H,11,13,17-20H2,1-3H3,(H,43,47)/t21-,25-/m1/s1. The maximum atomic E-state index is 13.3. The SMILES string of the molecule is COc1nc(-c2cccc(-c3cccc(-c4ccn5c(=O)c(CNC[C@@H](C)O)c(C)nc5c4)c3Cl)c2Cl)ccc1CNC[C@H]1CCC(=O)N1. The van der Waals surface area contributed by atoms with Crippen LogP contribution in [0, 0.1) is 6.92 Å². The Morgan fingerprint density at radius 1 is 0.980 bits per heavy atom. The Balaban J connectivity index is 1.27. The number of amides is 1. The second-order valence-electron chi connectivity index (χ2n) is 12.2. The molecule has 10 nitrogen and oxygen atoms in total. The van der Waals surface area contributed by atoms with Crippen molar-refractivity contribution in [3.63, 3.8) is 0 Å². The molecule has 6 rings (SSSR count). The number of halogens is 2. The average molecular weight is 702 g/mol. The third kappa shape index (κ3) is 7.49. The molecule has 1 fully saturated rings. The van der Waals surface area contributed by atoms with E-state index in [1.165, 1.54) is 4.40 Å². The number of nitrogens with one attached hydrogen (secondary N) is 3. The van der Waals surface area contributed by atoms with Crippen LogP contribution in [0.25, 0.3) is 39.2 Å². The number of aromatic nitrogens is 3. The summed E-state index contributed by atoms with van der Waals surface area (Å²) in [7, 11) is 1.59. The summed E-state index contributed by atoms with van der Waals surface area (Å²) in [6.07, 6.45) is 2.58. The first-order chi connectivity index (χ1) is 23.6. The van der Waals surface area contributed by atoms with Gasteiger partial charge in [-0.1, -0.05) is 65.7 Å². The fraction of sp³-hybridized carbons (Fsp3) is 0.297. The predicted molar refractivity (Wildman–Crippen MR) is 193 cm³/mol. The molecule has 12 heteroatoms. The van der Waals surface area contributed by atoms with Gasteiger partial charge in [0, 0.05) is 78.3 Å². The second-order valence-corrected chi connectivity index (χ2v) is 13.0. The van der Waals surface area contributed by atoms with Gasteiger partial charge in [0.2, 0.25) is 11.8 Å². The third-order valence-electron chi connectivity index (χ3n) is 8.67. The smallest absolute Gasteiger partial charge is 0.262 e. The van der Waals surface area contributed by atoms with Crippen LogP contribution in [0.15, 0.2) is 71.7 Å². The molecule has 2 atom stereocenters. The van der Waals surface area contributed by atoms with E-state index in [0.29, 0.717) is 71.1 Å². The van der Waals surface area contributed by atoms with E-state index in [1.807, 2.05) is 67.6 Å². The Kier molecular flexibility index (Phi) is 10.6. The van der Waals surface area contributed by atoms with Crippen LogP contribution >= 0.6 is 23.2 Å². The maximum absolute atomic E-state index is 13.3. The van der Waals surface area contributed by atoms with Gasteiger partial charge >= 0.3 is 0 Å². The van der Waals surface area contributed by atoms with Crippen molar-refractivity contribution in [2.45, 2.75) is 51.9 Å². The lowest BCUT2D eigenvalue weighted by Crippen LogP contribution is -2.35. The number of carbonyl (C=O) groups is 1. The highest BCUT2D eigenvalue weighted by atomic mass is 35.5. The zero-order valence-corrected chi connectivity index (χ0v) is 29.0. The molecule has 0 aliphatic carbocycles. The van der Waals surface area contributed by atoms with Crippen LogP contribution in [-0.4, -0.2) is 57.7 Å². The lowest BCUT2D eigenvalue weighted by molar-refractivity contribution is -0.119. The Hall–Kier alpha value is -4.32. The first kappa shape index (κ1) is 34.5. The molecule has 0 unspecified atom stereocenters. The molecule has 0 spiro atoms. The molecular formula is C37H38Cl2N6O4. The van der Waals surface area contributed by atoms with E-state index in [4.69, 9.17) is 37.9 Å². The number of carbonyl (C=O) groups excluding carboxylic acids is 1. The molecule has 2 aromatic carbocycles. The highest BCUT2D eigenvalue weighted by Gasteiger charge is 2.21. The molecule has 1 saturated heterocycles. The highest BCUT2D eigenvalue weighted by molar-refractivity contribution is 6.39. The summed E-state index contributed by atoms with van der Waals surface area (Å²) < 4.78 is 7.16. The quantitative estimate of drug-likeness (QED) is 0.133.